The maximum Gasteiger partial charge on any atom is 0.232 e. The van der Waals surface area contributed by atoms with Gasteiger partial charge >= 0.3 is 0 Å². The van der Waals surface area contributed by atoms with E-state index in [-0.39, 0.29) is 11.9 Å². The number of benzene rings is 2. The number of aromatic nitrogens is 3. The predicted molar refractivity (Wildman–Crippen MR) is 135 cm³/mol. The van der Waals surface area contributed by atoms with E-state index in [1.54, 1.807) is 0 Å². The summed E-state index contributed by atoms with van der Waals surface area (Å²) in [5.74, 6) is 1.53. The topological polar surface area (TPSA) is 100 Å². The summed E-state index contributed by atoms with van der Waals surface area (Å²) < 4.78 is 0. The fourth-order valence-electron chi connectivity index (χ4n) is 4.24. The monoisotopic (exact) mass is 459 g/mol. The third kappa shape index (κ3) is 6.51. The zero-order chi connectivity index (χ0) is 23.8. The molecule has 0 atom stereocenters. The number of nitrogens with one attached hydrogen (secondary N) is 1. The highest BCUT2D eigenvalue weighted by molar-refractivity contribution is 5.76. The summed E-state index contributed by atoms with van der Waals surface area (Å²) >= 11 is 0. The van der Waals surface area contributed by atoms with Crippen molar-refractivity contribution in [3.63, 3.8) is 0 Å². The summed E-state index contributed by atoms with van der Waals surface area (Å²) in [6.07, 6.45) is 3.32. The van der Waals surface area contributed by atoms with E-state index < -0.39 is 0 Å². The van der Waals surface area contributed by atoms with Gasteiger partial charge in [-0.05, 0) is 36.5 Å². The highest BCUT2D eigenvalue weighted by Crippen LogP contribution is 2.20. The lowest BCUT2D eigenvalue weighted by atomic mass is 10.1. The van der Waals surface area contributed by atoms with Gasteiger partial charge < -0.3 is 16.0 Å². The van der Waals surface area contributed by atoms with E-state index in [1.165, 1.54) is 11.1 Å². The number of hydrogen-bond acceptors (Lipinski definition) is 7. The van der Waals surface area contributed by atoms with Gasteiger partial charge in [0.15, 0.2) is 0 Å². The van der Waals surface area contributed by atoms with E-state index in [4.69, 9.17) is 5.73 Å². The zero-order valence-corrected chi connectivity index (χ0v) is 19.8. The van der Waals surface area contributed by atoms with Crippen molar-refractivity contribution in [2.45, 2.75) is 39.2 Å². The Labute approximate surface area is 201 Å². The molecule has 8 heteroatoms. The summed E-state index contributed by atoms with van der Waals surface area (Å²) in [7, 11) is 0. The van der Waals surface area contributed by atoms with Gasteiger partial charge in [0.05, 0.1) is 6.54 Å². The fourth-order valence-corrected chi connectivity index (χ4v) is 4.24. The molecule has 2 aromatic carbocycles. The number of nitrogen functional groups attached to an aromatic ring is 1. The number of nitrogens with two attached hydrogens (primary N) is 1. The average molecular weight is 460 g/mol. The molecule has 1 fully saturated rings. The quantitative estimate of drug-likeness (QED) is 0.506. The molecule has 1 aliphatic heterocycles. The van der Waals surface area contributed by atoms with E-state index in [0.717, 1.165) is 51.1 Å². The molecule has 1 amide bonds. The minimum Gasteiger partial charge on any atom is -0.368 e. The molecule has 0 bridgehead atoms. The summed E-state index contributed by atoms with van der Waals surface area (Å²) in [4.78, 5) is 30.0. The van der Waals surface area contributed by atoms with Crippen LogP contribution < -0.4 is 11.1 Å². The normalized spacial score (nSPS) is 14.2. The number of nitrogens with zero attached hydrogens (tertiary/aromatic N) is 5. The second-order valence-electron chi connectivity index (χ2n) is 8.57. The minimum absolute atomic E-state index is 0.203. The molecule has 8 nitrogen and oxygen atoms in total. The van der Waals surface area contributed by atoms with Crippen LogP contribution in [0, 0.1) is 0 Å². The highest BCUT2D eigenvalue weighted by Gasteiger charge is 2.22. The molecule has 1 aliphatic rings. The van der Waals surface area contributed by atoms with Crippen molar-refractivity contribution >= 4 is 23.5 Å². The van der Waals surface area contributed by atoms with E-state index >= 15 is 0 Å². The van der Waals surface area contributed by atoms with Crippen molar-refractivity contribution in [2.75, 3.05) is 37.2 Å². The second kappa shape index (κ2) is 11.6. The molecular weight excluding hydrogens is 426 g/mol. The fraction of sp³-hybridized carbons (Fsp3) is 0.385. The molecule has 2 heterocycles. The number of carbonyl (C=O) groups is 1. The van der Waals surface area contributed by atoms with Crippen LogP contribution in [0.2, 0.25) is 0 Å². The van der Waals surface area contributed by atoms with Crippen LogP contribution in [0.3, 0.4) is 0 Å². The van der Waals surface area contributed by atoms with Gasteiger partial charge in [0.2, 0.25) is 17.8 Å². The van der Waals surface area contributed by atoms with Crippen molar-refractivity contribution in [2.24, 2.45) is 0 Å². The largest absolute Gasteiger partial charge is 0.368 e. The Kier molecular flexibility index (Phi) is 8.04. The summed E-state index contributed by atoms with van der Waals surface area (Å²) in [6, 6.07) is 18.4. The molecule has 4 rings (SSSR count). The maximum atomic E-state index is 12.6. The highest BCUT2D eigenvalue weighted by atomic mass is 16.2. The first kappa shape index (κ1) is 23.6. The van der Waals surface area contributed by atoms with Crippen molar-refractivity contribution in [3.8, 4) is 0 Å². The van der Waals surface area contributed by atoms with Crippen molar-refractivity contribution in [1.82, 2.24) is 24.8 Å². The van der Waals surface area contributed by atoms with Crippen LogP contribution in [-0.2, 0) is 24.2 Å². The van der Waals surface area contributed by atoms with E-state index in [1.807, 2.05) is 41.3 Å². The third-order valence-electron chi connectivity index (χ3n) is 6.13. The van der Waals surface area contributed by atoms with Crippen LogP contribution in [0.25, 0.3) is 0 Å². The summed E-state index contributed by atoms with van der Waals surface area (Å²) in [5, 5.41) is 3.28. The number of anilines is 3. The first-order chi connectivity index (χ1) is 16.6. The SMILES string of the molecule is CCc1ccccc1Nc1nc(N)nc(CN2CCN(C(=O)CCCc3ccccc3)CC2)n1. The molecule has 0 saturated carbocycles. The smallest absolute Gasteiger partial charge is 0.232 e. The molecule has 178 valence electrons. The first-order valence-electron chi connectivity index (χ1n) is 12.0. The molecule has 34 heavy (non-hydrogen) atoms. The molecule has 1 aromatic heterocycles. The van der Waals surface area contributed by atoms with Gasteiger partial charge in [-0.25, -0.2) is 0 Å². The van der Waals surface area contributed by atoms with Gasteiger partial charge in [-0.15, -0.1) is 0 Å². The van der Waals surface area contributed by atoms with Gasteiger partial charge in [0.25, 0.3) is 0 Å². The molecule has 3 N–H and O–H groups in total. The molecule has 1 saturated heterocycles. The Morgan fingerprint density at radius 3 is 2.47 bits per heavy atom. The average Bonchev–Trinajstić information content (AvgIpc) is 2.85. The number of amides is 1. The second-order valence-corrected chi connectivity index (χ2v) is 8.57. The van der Waals surface area contributed by atoms with Crippen LogP contribution in [-0.4, -0.2) is 56.8 Å². The first-order valence-corrected chi connectivity index (χ1v) is 12.0. The molecule has 0 unspecified atom stereocenters. The molecular formula is C26H33N7O. The van der Waals surface area contributed by atoms with E-state index in [9.17, 15) is 4.79 Å². The lowest BCUT2D eigenvalue weighted by Crippen LogP contribution is -2.48. The van der Waals surface area contributed by atoms with E-state index in [2.05, 4.69) is 50.3 Å². The van der Waals surface area contributed by atoms with Crippen LogP contribution in [0.4, 0.5) is 17.6 Å². The number of hydrogen-bond donors (Lipinski definition) is 2. The molecule has 0 aliphatic carbocycles. The lowest BCUT2D eigenvalue weighted by molar-refractivity contribution is -0.133. The number of para-hydroxylation sites is 1. The Balaban J connectivity index is 1.27. The van der Waals surface area contributed by atoms with Gasteiger partial charge in [0, 0.05) is 38.3 Å². The minimum atomic E-state index is 0.203. The van der Waals surface area contributed by atoms with Gasteiger partial charge in [-0.3, -0.25) is 9.69 Å². The maximum absolute atomic E-state index is 12.6. The number of aryl methyl sites for hydroxylation is 2. The number of carbonyl (C=O) groups excluding carboxylic acids is 1. The Bertz CT molecular complexity index is 1080. The van der Waals surface area contributed by atoms with Crippen LogP contribution in [0.15, 0.2) is 54.6 Å². The molecule has 0 spiro atoms. The van der Waals surface area contributed by atoms with Gasteiger partial charge in [-0.1, -0.05) is 55.5 Å². The van der Waals surface area contributed by atoms with Crippen LogP contribution >= 0.6 is 0 Å². The number of rotatable bonds is 9. The summed E-state index contributed by atoms with van der Waals surface area (Å²) in [6.45, 7) is 5.71. The summed E-state index contributed by atoms with van der Waals surface area (Å²) in [5.41, 5.74) is 9.41. The lowest BCUT2D eigenvalue weighted by Gasteiger charge is -2.34. The Morgan fingerprint density at radius 1 is 0.971 bits per heavy atom. The van der Waals surface area contributed by atoms with Crippen molar-refractivity contribution in [3.05, 3.63) is 71.5 Å². The Morgan fingerprint density at radius 2 is 1.71 bits per heavy atom. The zero-order valence-electron chi connectivity index (χ0n) is 19.8. The van der Waals surface area contributed by atoms with Gasteiger partial charge in [0.1, 0.15) is 5.82 Å². The molecule has 0 radical (unpaired) electrons. The van der Waals surface area contributed by atoms with Crippen molar-refractivity contribution < 1.29 is 4.79 Å². The standard InChI is InChI=1S/C26H33N7O/c1-2-21-12-6-7-13-22(21)28-26-30-23(29-25(27)31-26)19-32-15-17-33(18-16-32)24(34)14-8-11-20-9-4-3-5-10-20/h3-7,9-10,12-13H,2,8,11,14-19H2,1H3,(H3,27,28,29,30,31). The third-order valence-corrected chi connectivity index (χ3v) is 6.13. The van der Waals surface area contributed by atoms with Gasteiger partial charge in [-0.2, -0.15) is 15.0 Å². The predicted octanol–water partition coefficient (Wildman–Crippen LogP) is 3.43. The van der Waals surface area contributed by atoms with Crippen LogP contribution in [0.1, 0.15) is 36.7 Å². The van der Waals surface area contributed by atoms with E-state index in [0.29, 0.717) is 24.7 Å². The number of piperazine rings is 1. The molecule has 3 aromatic rings. The van der Waals surface area contributed by atoms with Crippen molar-refractivity contribution in [1.29, 1.82) is 0 Å². The van der Waals surface area contributed by atoms with Crippen LogP contribution in [0.5, 0.6) is 0 Å². The Hall–Kier alpha value is -3.52.